The fraction of sp³-hybridized carbons (Fsp3) is 0.524. The molecule has 1 amide bonds. The first kappa shape index (κ1) is 19.2. The molecule has 4 rings (SSSR count). The number of benzene rings is 1. The summed E-state index contributed by atoms with van der Waals surface area (Å²) in [4.78, 5) is 12.3. The number of amides is 1. The Bertz CT molecular complexity index is 868. The van der Waals surface area contributed by atoms with Crippen LogP contribution in [-0.2, 0) is 25.9 Å². The zero-order chi connectivity index (χ0) is 20.2. The number of nitrogens with zero attached hydrogens (tertiary/aromatic N) is 1. The predicted octanol–water partition coefficient (Wildman–Crippen LogP) is 3.21. The van der Waals surface area contributed by atoms with Gasteiger partial charge in [0.05, 0.1) is 23.3 Å². The molecule has 0 atom stereocenters. The van der Waals surface area contributed by atoms with E-state index in [2.05, 4.69) is 17.4 Å². The fourth-order valence-electron chi connectivity index (χ4n) is 3.20. The Morgan fingerprint density at radius 2 is 1.68 bits per heavy atom. The third-order valence-electron chi connectivity index (χ3n) is 6.26. The molecule has 0 spiro atoms. The molecule has 1 aliphatic carbocycles. The molecule has 0 unspecified atom stereocenters. The molecule has 0 radical (unpaired) electrons. The highest BCUT2D eigenvalue weighted by Gasteiger charge is 2.51. The molecular weight excluding hydrogens is 355 g/mol. The van der Waals surface area contributed by atoms with Crippen LogP contribution in [0.2, 0.25) is 0 Å². The largest absolute Gasteiger partial charge is 0.494 e. The summed E-state index contributed by atoms with van der Waals surface area (Å²) in [5, 5.41) is 6.86. The van der Waals surface area contributed by atoms with Crippen molar-refractivity contribution in [2.45, 2.75) is 70.5 Å². The first-order valence-corrected chi connectivity index (χ1v) is 9.80. The zero-order valence-corrected chi connectivity index (χ0v) is 17.2. The van der Waals surface area contributed by atoms with Crippen LogP contribution in [0.1, 0.15) is 58.7 Å². The van der Waals surface area contributed by atoms with Crippen molar-refractivity contribution in [2.75, 3.05) is 5.32 Å². The molecule has 2 aliphatic rings. The Kier molecular flexibility index (Phi) is 4.43. The fourth-order valence-corrected chi connectivity index (χ4v) is 3.20. The predicted molar refractivity (Wildman–Crippen MR) is 108 cm³/mol. The lowest BCUT2D eigenvalue weighted by atomic mass is 9.79. The minimum Gasteiger partial charge on any atom is -0.399 e. The summed E-state index contributed by atoms with van der Waals surface area (Å²) in [5.41, 5.74) is 2.14. The van der Waals surface area contributed by atoms with Crippen molar-refractivity contribution in [2.24, 2.45) is 0 Å². The molecule has 148 valence electrons. The third kappa shape index (κ3) is 3.61. The number of nitrogens with one attached hydrogen (secondary N) is 1. The maximum Gasteiger partial charge on any atom is 0.494 e. The van der Waals surface area contributed by atoms with E-state index in [1.165, 1.54) is 0 Å². The summed E-state index contributed by atoms with van der Waals surface area (Å²) in [6.45, 7) is 10.3. The van der Waals surface area contributed by atoms with Crippen LogP contribution in [0.3, 0.4) is 0 Å². The summed E-state index contributed by atoms with van der Waals surface area (Å²) in [7, 11) is -0.399. The monoisotopic (exact) mass is 382 g/mol. The van der Waals surface area contributed by atoms with Crippen LogP contribution in [0.25, 0.3) is 0 Å². The molecule has 1 N–H and O–H groups in total. The summed E-state index contributed by atoms with van der Waals surface area (Å²) in [6, 6.07) is 9.58. The van der Waals surface area contributed by atoms with Gasteiger partial charge in [-0.05, 0) is 51.6 Å². The maximum atomic E-state index is 12.3. The molecule has 28 heavy (non-hydrogen) atoms. The highest BCUT2D eigenvalue weighted by Crippen LogP contribution is 2.47. The van der Waals surface area contributed by atoms with Crippen LogP contribution in [0.4, 0.5) is 5.88 Å². The molecule has 1 saturated carbocycles. The topological polar surface area (TPSA) is 73.6 Å². The minimum atomic E-state index is -0.399. The number of hydrogen-bond donors (Lipinski definition) is 1. The van der Waals surface area contributed by atoms with Gasteiger partial charge in [-0.1, -0.05) is 36.3 Å². The first-order valence-electron chi connectivity index (χ1n) is 9.80. The lowest BCUT2D eigenvalue weighted by Crippen LogP contribution is -2.41. The van der Waals surface area contributed by atoms with E-state index in [-0.39, 0.29) is 28.9 Å². The van der Waals surface area contributed by atoms with Crippen molar-refractivity contribution in [3.63, 3.8) is 0 Å². The molecule has 1 aromatic carbocycles. The number of carbonyl (C=O) groups excluding carboxylic acids is 1. The Hall–Kier alpha value is -2.12. The molecule has 2 aromatic rings. The van der Waals surface area contributed by atoms with E-state index >= 15 is 0 Å². The highest BCUT2D eigenvalue weighted by molar-refractivity contribution is 6.62. The number of rotatable bonds is 5. The van der Waals surface area contributed by atoms with E-state index < -0.39 is 7.12 Å². The van der Waals surface area contributed by atoms with Gasteiger partial charge in [0, 0.05) is 11.5 Å². The van der Waals surface area contributed by atoms with Gasteiger partial charge in [-0.25, -0.2) is 0 Å². The SMILES string of the molecule is CC1(c2cc(NC(=O)Cc3ccc(B4OC(C)(C)C(C)(C)O4)cc3)on2)CC1. The highest BCUT2D eigenvalue weighted by atomic mass is 16.7. The molecule has 1 aliphatic heterocycles. The molecule has 0 bridgehead atoms. The molecular formula is C21H27BN2O4. The van der Waals surface area contributed by atoms with Crippen molar-refractivity contribution in [1.29, 1.82) is 0 Å². The Morgan fingerprint density at radius 1 is 1.07 bits per heavy atom. The van der Waals surface area contributed by atoms with Gasteiger partial charge in [0.15, 0.2) is 0 Å². The number of aromatic nitrogens is 1. The average molecular weight is 382 g/mol. The Labute approximate surface area is 166 Å². The van der Waals surface area contributed by atoms with Crippen molar-refractivity contribution in [3.05, 3.63) is 41.6 Å². The van der Waals surface area contributed by atoms with E-state index in [0.717, 1.165) is 29.6 Å². The molecule has 1 aromatic heterocycles. The molecule has 7 heteroatoms. The van der Waals surface area contributed by atoms with Gasteiger partial charge < -0.3 is 13.8 Å². The van der Waals surface area contributed by atoms with Gasteiger partial charge in [0.1, 0.15) is 0 Å². The van der Waals surface area contributed by atoms with Crippen LogP contribution < -0.4 is 10.8 Å². The van der Waals surface area contributed by atoms with E-state index in [9.17, 15) is 4.79 Å². The number of hydrogen-bond acceptors (Lipinski definition) is 5. The van der Waals surface area contributed by atoms with Gasteiger partial charge in [-0.15, -0.1) is 0 Å². The maximum absolute atomic E-state index is 12.3. The van der Waals surface area contributed by atoms with Gasteiger partial charge >= 0.3 is 7.12 Å². The number of anilines is 1. The van der Waals surface area contributed by atoms with Crippen molar-refractivity contribution in [1.82, 2.24) is 5.16 Å². The van der Waals surface area contributed by atoms with Crippen molar-refractivity contribution >= 4 is 24.4 Å². The van der Waals surface area contributed by atoms with E-state index in [1.54, 1.807) is 0 Å². The summed E-state index contributed by atoms with van der Waals surface area (Å²) < 4.78 is 17.4. The lowest BCUT2D eigenvalue weighted by molar-refractivity contribution is -0.115. The molecule has 1 saturated heterocycles. The van der Waals surface area contributed by atoms with Gasteiger partial charge in [-0.2, -0.15) is 0 Å². The normalized spacial score (nSPS) is 21.5. The van der Waals surface area contributed by atoms with Crippen LogP contribution in [-0.4, -0.2) is 29.4 Å². The van der Waals surface area contributed by atoms with E-state index in [4.69, 9.17) is 13.8 Å². The van der Waals surface area contributed by atoms with Crippen molar-refractivity contribution in [3.8, 4) is 0 Å². The van der Waals surface area contributed by atoms with Crippen LogP contribution >= 0.6 is 0 Å². The van der Waals surface area contributed by atoms with Crippen molar-refractivity contribution < 1.29 is 18.6 Å². The van der Waals surface area contributed by atoms with Gasteiger partial charge in [-0.3, -0.25) is 10.1 Å². The number of carbonyl (C=O) groups is 1. The summed E-state index contributed by atoms with van der Waals surface area (Å²) in [5.74, 6) is 0.272. The minimum absolute atomic E-state index is 0.121. The standard InChI is InChI=1S/C21H27BN2O4/c1-19(2)20(3,4)28-22(27-19)15-8-6-14(7-9-15)12-17(25)23-18-13-16(24-26-18)21(5)10-11-21/h6-9,13H,10-12H2,1-5H3,(H,23,25). The van der Waals surface area contributed by atoms with E-state index in [1.807, 2.05) is 58.0 Å². The van der Waals surface area contributed by atoms with Crippen LogP contribution in [0, 0.1) is 0 Å². The average Bonchev–Trinajstić information content (AvgIpc) is 3.09. The first-order chi connectivity index (χ1) is 13.1. The zero-order valence-electron chi connectivity index (χ0n) is 17.2. The van der Waals surface area contributed by atoms with Crippen LogP contribution in [0.5, 0.6) is 0 Å². The molecule has 2 fully saturated rings. The van der Waals surface area contributed by atoms with Gasteiger partial charge in [0.2, 0.25) is 11.8 Å². The quantitative estimate of drug-likeness (QED) is 0.804. The molecule has 6 nitrogen and oxygen atoms in total. The second-order valence-electron chi connectivity index (χ2n) is 9.19. The molecule has 2 heterocycles. The Balaban J connectivity index is 1.35. The smallest absolute Gasteiger partial charge is 0.399 e. The summed E-state index contributed by atoms with van der Waals surface area (Å²) in [6.07, 6.45) is 2.49. The Morgan fingerprint density at radius 3 is 2.25 bits per heavy atom. The second-order valence-corrected chi connectivity index (χ2v) is 9.19. The van der Waals surface area contributed by atoms with E-state index in [0.29, 0.717) is 5.88 Å². The van der Waals surface area contributed by atoms with Crippen LogP contribution in [0.15, 0.2) is 34.9 Å². The summed E-state index contributed by atoms with van der Waals surface area (Å²) >= 11 is 0. The van der Waals surface area contributed by atoms with Gasteiger partial charge in [0.25, 0.3) is 0 Å². The third-order valence-corrected chi connectivity index (χ3v) is 6.26. The lowest BCUT2D eigenvalue weighted by Gasteiger charge is -2.32. The second kappa shape index (κ2) is 6.46.